The molecule has 12 heavy (non-hydrogen) atoms. The Morgan fingerprint density at radius 1 is 1.75 bits per heavy atom. The first-order valence-electron chi connectivity index (χ1n) is 2.99. The van der Waals surface area contributed by atoms with Crippen molar-refractivity contribution in [3.8, 4) is 6.07 Å². The molecule has 7 heteroatoms. The van der Waals surface area contributed by atoms with Gasteiger partial charge < -0.3 is 5.11 Å². The van der Waals surface area contributed by atoms with Gasteiger partial charge in [0, 0.05) is 0 Å². The molecule has 0 heterocycles. The van der Waals surface area contributed by atoms with Gasteiger partial charge in [0.1, 0.15) is 6.04 Å². The Morgan fingerprint density at radius 2 is 2.25 bits per heavy atom. The number of rotatable bonds is 4. The predicted octanol–water partition coefficient (Wildman–Crippen LogP) is -1.10. The number of nitrogens with zero attached hydrogens (tertiary/aromatic N) is 1. The maximum atomic E-state index is 10.7. The number of nitriles is 1. The zero-order valence-corrected chi connectivity index (χ0v) is 7.13. The predicted molar refractivity (Wildman–Crippen MR) is 39.6 cm³/mol. The molecule has 0 radical (unpaired) electrons. The van der Waals surface area contributed by atoms with E-state index in [2.05, 4.69) is 0 Å². The SMILES string of the molecule is CC(NS(=O)(=O)CC#N)C(=O)O. The van der Waals surface area contributed by atoms with E-state index < -0.39 is 27.8 Å². The van der Waals surface area contributed by atoms with Crippen molar-refractivity contribution in [2.24, 2.45) is 0 Å². The monoisotopic (exact) mass is 192 g/mol. The summed E-state index contributed by atoms with van der Waals surface area (Å²) in [5.74, 6) is -2.01. The second-order valence-corrected chi connectivity index (χ2v) is 3.85. The van der Waals surface area contributed by atoms with Gasteiger partial charge in [-0.05, 0) is 6.92 Å². The van der Waals surface area contributed by atoms with E-state index in [1.807, 2.05) is 0 Å². The number of nitrogens with one attached hydrogen (secondary N) is 1. The number of hydrogen-bond acceptors (Lipinski definition) is 4. The highest BCUT2D eigenvalue weighted by molar-refractivity contribution is 7.89. The van der Waals surface area contributed by atoms with Gasteiger partial charge in [-0.2, -0.15) is 5.26 Å². The van der Waals surface area contributed by atoms with Gasteiger partial charge in [-0.15, -0.1) is 0 Å². The summed E-state index contributed by atoms with van der Waals surface area (Å²) in [5.41, 5.74) is 0. The largest absolute Gasteiger partial charge is 0.480 e. The molecular weight excluding hydrogens is 184 g/mol. The summed E-state index contributed by atoms with van der Waals surface area (Å²) in [7, 11) is -3.77. The summed E-state index contributed by atoms with van der Waals surface area (Å²) >= 11 is 0. The Labute approximate surface area is 69.9 Å². The minimum absolute atomic E-state index is 0.732. The lowest BCUT2D eigenvalue weighted by molar-refractivity contribution is -0.138. The molecule has 0 aliphatic heterocycles. The number of carboxylic acid groups (broad SMARTS) is 1. The van der Waals surface area contributed by atoms with Crippen molar-refractivity contribution in [3.05, 3.63) is 0 Å². The van der Waals surface area contributed by atoms with E-state index in [0.717, 1.165) is 0 Å². The van der Waals surface area contributed by atoms with Crippen LogP contribution in [0.15, 0.2) is 0 Å². The van der Waals surface area contributed by atoms with Crippen molar-refractivity contribution in [1.82, 2.24) is 4.72 Å². The first-order valence-corrected chi connectivity index (χ1v) is 4.64. The second-order valence-electron chi connectivity index (χ2n) is 2.09. The molecule has 0 saturated carbocycles. The molecule has 0 aromatic carbocycles. The number of sulfonamides is 1. The standard InChI is InChI=1S/C5H8N2O4S/c1-4(5(8)9)7-12(10,11)3-2-6/h4,7H,3H2,1H3,(H,8,9). The van der Waals surface area contributed by atoms with E-state index in [1.165, 1.54) is 13.0 Å². The average molecular weight is 192 g/mol. The lowest BCUT2D eigenvalue weighted by Crippen LogP contribution is -2.39. The molecule has 1 unspecified atom stereocenters. The minimum atomic E-state index is -3.77. The fourth-order valence-electron chi connectivity index (χ4n) is 0.446. The van der Waals surface area contributed by atoms with Gasteiger partial charge in [-0.25, -0.2) is 13.1 Å². The smallest absolute Gasteiger partial charge is 0.321 e. The topological polar surface area (TPSA) is 107 Å². The quantitative estimate of drug-likeness (QED) is 0.588. The fourth-order valence-corrected chi connectivity index (χ4v) is 1.34. The van der Waals surface area contributed by atoms with Crippen LogP contribution in [0.2, 0.25) is 0 Å². The van der Waals surface area contributed by atoms with Crippen molar-refractivity contribution in [1.29, 1.82) is 5.26 Å². The summed E-state index contributed by atoms with van der Waals surface area (Å²) in [4.78, 5) is 10.2. The molecule has 0 aliphatic carbocycles. The van der Waals surface area contributed by atoms with E-state index in [9.17, 15) is 13.2 Å². The van der Waals surface area contributed by atoms with Crippen molar-refractivity contribution < 1.29 is 18.3 Å². The number of carboxylic acids is 1. The average Bonchev–Trinajstić information content (AvgIpc) is 1.85. The zero-order chi connectivity index (χ0) is 9.78. The molecule has 0 aromatic rings. The maximum Gasteiger partial charge on any atom is 0.321 e. The van der Waals surface area contributed by atoms with Crippen LogP contribution in [0, 0.1) is 11.3 Å². The Morgan fingerprint density at radius 3 is 2.58 bits per heavy atom. The molecule has 0 rings (SSSR count). The van der Waals surface area contributed by atoms with E-state index in [-0.39, 0.29) is 0 Å². The van der Waals surface area contributed by atoms with Gasteiger partial charge in [-0.3, -0.25) is 4.79 Å². The summed E-state index contributed by atoms with van der Waals surface area (Å²) in [6.45, 7) is 1.18. The van der Waals surface area contributed by atoms with Crippen LogP contribution in [-0.2, 0) is 14.8 Å². The van der Waals surface area contributed by atoms with Gasteiger partial charge in [0.15, 0.2) is 5.75 Å². The molecule has 0 fully saturated rings. The molecule has 0 aliphatic rings. The summed E-state index contributed by atoms with van der Waals surface area (Å²) in [5, 5.41) is 16.3. The van der Waals surface area contributed by atoms with E-state index >= 15 is 0 Å². The van der Waals surface area contributed by atoms with Crippen molar-refractivity contribution in [2.45, 2.75) is 13.0 Å². The van der Waals surface area contributed by atoms with Crippen LogP contribution < -0.4 is 4.72 Å². The first kappa shape index (κ1) is 10.9. The highest BCUT2D eigenvalue weighted by atomic mass is 32.2. The van der Waals surface area contributed by atoms with Gasteiger partial charge >= 0.3 is 5.97 Å². The van der Waals surface area contributed by atoms with Crippen LogP contribution >= 0.6 is 0 Å². The maximum absolute atomic E-state index is 10.7. The molecule has 0 bridgehead atoms. The van der Waals surface area contributed by atoms with Crippen molar-refractivity contribution in [3.63, 3.8) is 0 Å². The fraction of sp³-hybridized carbons (Fsp3) is 0.600. The summed E-state index contributed by atoms with van der Waals surface area (Å²) < 4.78 is 23.3. The number of aliphatic carboxylic acids is 1. The molecular formula is C5H8N2O4S. The van der Waals surface area contributed by atoms with Crippen molar-refractivity contribution in [2.75, 3.05) is 5.75 Å². The van der Waals surface area contributed by atoms with Crippen LogP contribution in [0.25, 0.3) is 0 Å². The molecule has 2 N–H and O–H groups in total. The lowest BCUT2D eigenvalue weighted by atomic mass is 10.4. The molecule has 0 saturated heterocycles. The molecule has 0 amide bonds. The van der Waals surface area contributed by atoms with E-state index in [1.54, 1.807) is 4.72 Å². The van der Waals surface area contributed by atoms with E-state index in [0.29, 0.717) is 0 Å². The van der Waals surface area contributed by atoms with Gasteiger partial charge in [-0.1, -0.05) is 0 Å². The Bertz CT molecular complexity index is 302. The number of carbonyl (C=O) groups is 1. The number of hydrogen-bond donors (Lipinski definition) is 2. The Balaban J connectivity index is 4.28. The third-order valence-corrected chi connectivity index (χ3v) is 2.20. The molecule has 0 spiro atoms. The zero-order valence-electron chi connectivity index (χ0n) is 6.31. The molecule has 6 nitrogen and oxygen atoms in total. The molecule has 68 valence electrons. The van der Waals surface area contributed by atoms with E-state index in [4.69, 9.17) is 10.4 Å². The van der Waals surface area contributed by atoms with Crippen molar-refractivity contribution >= 4 is 16.0 Å². The molecule has 0 aromatic heterocycles. The highest BCUT2D eigenvalue weighted by Gasteiger charge is 2.18. The second kappa shape index (κ2) is 4.04. The van der Waals surface area contributed by atoms with Gasteiger partial charge in [0.05, 0.1) is 6.07 Å². The van der Waals surface area contributed by atoms with Crippen LogP contribution in [-0.4, -0.2) is 31.3 Å². The van der Waals surface area contributed by atoms with Crippen LogP contribution in [0.1, 0.15) is 6.92 Å². The Kier molecular flexibility index (Phi) is 3.66. The first-order chi connectivity index (χ1) is 5.39. The third kappa shape index (κ3) is 3.90. The van der Waals surface area contributed by atoms with Crippen LogP contribution in [0.3, 0.4) is 0 Å². The van der Waals surface area contributed by atoms with Crippen LogP contribution in [0.4, 0.5) is 0 Å². The van der Waals surface area contributed by atoms with Gasteiger partial charge in [0.25, 0.3) is 0 Å². The summed E-state index contributed by atoms with van der Waals surface area (Å²) in [6.07, 6.45) is 0. The Hall–Kier alpha value is -1.13. The minimum Gasteiger partial charge on any atom is -0.480 e. The molecule has 1 atom stereocenters. The normalized spacial score (nSPS) is 13.3. The lowest BCUT2D eigenvalue weighted by Gasteiger charge is -2.06. The third-order valence-electron chi connectivity index (χ3n) is 0.981. The van der Waals surface area contributed by atoms with Gasteiger partial charge in [0.2, 0.25) is 10.0 Å². The summed E-state index contributed by atoms with van der Waals surface area (Å²) in [6, 6.07) is 0.204. The highest BCUT2D eigenvalue weighted by Crippen LogP contribution is 1.88. The van der Waals surface area contributed by atoms with Crippen LogP contribution in [0.5, 0.6) is 0 Å².